The maximum atomic E-state index is 10.7. The molecular weight excluding hydrogens is 258 g/mol. The molecule has 0 fully saturated rings. The molecule has 2 aromatic carbocycles. The Morgan fingerprint density at radius 1 is 1.25 bits per heavy atom. The van der Waals surface area contributed by atoms with Gasteiger partial charge in [-0.05, 0) is 11.6 Å². The lowest BCUT2D eigenvalue weighted by Crippen LogP contribution is -1.94. The number of oxime groups is 1. The zero-order valence-corrected chi connectivity index (χ0v) is 10.2. The summed E-state index contributed by atoms with van der Waals surface area (Å²) in [7, 11) is 0. The maximum Gasteiger partial charge on any atom is 0.270 e. The molecule has 0 atom stereocenters. The normalized spacial score (nSPS) is 10.3. The molecule has 20 heavy (non-hydrogen) atoms. The number of nitro benzene ring substituents is 1. The summed E-state index contributed by atoms with van der Waals surface area (Å²) >= 11 is 0. The van der Waals surface area contributed by atoms with Crippen LogP contribution in [0.2, 0.25) is 0 Å². The number of benzene rings is 2. The number of nitro groups is 1. The molecule has 0 saturated carbocycles. The lowest BCUT2D eigenvalue weighted by molar-refractivity contribution is -0.384. The number of hydrogen-bond donors (Lipinski definition) is 1. The number of nitriles is 1. The Morgan fingerprint density at radius 2 is 2.00 bits per heavy atom. The fourth-order valence-electron chi connectivity index (χ4n) is 1.89. The van der Waals surface area contributed by atoms with Crippen LogP contribution in [0.3, 0.4) is 0 Å². The molecule has 0 aliphatic carbocycles. The van der Waals surface area contributed by atoms with E-state index in [4.69, 9.17) is 10.5 Å². The van der Waals surface area contributed by atoms with Crippen LogP contribution in [-0.2, 0) is 0 Å². The second-order valence-corrected chi connectivity index (χ2v) is 3.93. The van der Waals surface area contributed by atoms with E-state index in [1.54, 1.807) is 24.3 Å². The molecule has 2 aromatic rings. The van der Waals surface area contributed by atoms with Crippen molar-refractivity contribution in [2.24, 2.45) is 5.16 Å². The van der Waals surface area contributed by atoms with Crippen LogP contribution in [-0.4, -0.2) is 16.3 Å². The van der Waals surface area contributed by atoms with Gasteiger partial charge in [-0.1, -0.05) is 29.4 Å². The molecule has 0 aromatic heterocycles. The molecule has 0 aliphatic rings. The van der Waals surface area contributed by atoms with Gasteiger partial charge in [-0.2, -0.15) is 5.26 Å². The van der Waals surface area contributed by atoms with Gasteiger partial charge in [0.1, 0.15) is 6.07 Å². The first kappa shape index (κ1) is 13.2. The zero-order chi connectivity index (χ0) is 14.5. The molecule has 98 valence electrons. The quantitative estimate of drug-likeness (QED) is 0.400. The molecule has 2 rings (SSSR count). The molecule has 0 heterocycles. The summed E-state index contributed by atoms with van der Waals surface area (Å²) in [6.45, 7) is 0. The van der Waals surface area contributed by atoms with Crippen molar-refractivity contribution in [3.05, 3.63) is 63.7 Å². The average Bonchev–Trinajstić information content (AvgIpc) is 2.47. The predicted octanol–water partition coefficient (Wildman–Crippen LogP) is 2.94. The Morgan fingerprint density at radius 3 is 2.65 bits per heavy atom. The molecule has 0 amide bonds. The van der Waals surface area contributed by atoms with Crippen molar-refractivity contribution in [3.63, 3.8) is 0 Å². The smallest absolute Gasteiger partial charge is 0.270 e. The van der Waals surface area contributed by atoms with E-state index in [9.17, 15) is 10.1 Å². The minimum absolute atomic E-state index is 0.140. The van der Waals surface area contributed by atoms with Crippen LogP contribution >= 0.6 is 0 Å². The van der Waals surface area contributed by atoms with E-state index < -0.39 is 4.92 Å². The van der Waals surface area contributed by atoms with Gasteiger partial charge in [-0.3, -0.25) is 10.1 Å². The summed E-state index contributed by atoms with van der Waals surface area (Å²) in [4.78, 5) is 10.2. The topological polar surface area (TPSA) is 99.5 Å². The molecule has 0 bridgehead atoms. The largest absolute Gasteiger partial charge is 0.411 e. The second kappa shape index (κ2) is 5.63. The third-order valence-electron chi connectivity index (χ3n) is 2.78. The van der Waals surface area contributed by atoms with E-state index >= 15 is 0 Å². The Kier molecular flexibility index (Phi) is 3.72. The first-order chi connectivity index (χ1) is 9.67. The summed E-state index contributed by atoms with van der Waals surface area (Å²) in [5.41, 5.74) is 1.88. The fourth-order valence-corrected chi connectivity index (χ4v) is 1.89. The first-order valence-corrected chi connectivity index (χ1v) is 5.62. The standard InChI is InChI=1S/C14H9N3O3/c15-8-11-7-12(17(19)20)5-6-14(11)13-4-2-1-3-10(13)9-16-18/h1-7,9,18H. The van der Waals surface area contributed by atoms with Crippen LogP contribution in [0.15, 0.2) is 47.6 Å². The highest BCUT2D eigenvalue weighted by Gasteiger charge is 2.13. The van der Waals surface area contributed by atoms with Gasteiger partial charge in [0, 0.05) is 23.3 Å². The maximum absolute atomic E-state index is 10.7. The SMILES string of the molecule is N#Cc1cc([N+](=O)[O-])ccc1-c1ccccc1C=NO. The average molecular weight is 267 g/mol. The highest BCUT2D eigenvalue weighted by molar-refractivity contribution is 5.91. The van der Waals surface area contributed by atoms with Gasteiger partial charge < -0.3 is 5.21 Å². The van der Waals surface area contributed by atoms with Crippen molar-refractivity contribution in [3.8, 4) is 17.2 Å². The highest BCUT2D eigenvalue weighted by atomic mass is 16.6. The molecule has 0 radical (unpaired) electrons. The van der Waals surface area contributed by atoms with Crippen molar-refractivity contribution in [1.82, 2.24) is 0 Å². The lowest BCUT2D eigenvalue weighted by atomic mass is 9.96. The summed E-state index contributed by atoms with van der Waals surface area (Å²) < 4.78 is 0. The Labute approximate surface area is 114 Å². The third kappa shape index (κ3) is 2.47. The van der Waals surface area contributed by atoms with Gasteiger partial charge in [-0.25, -0.2) is 0 Å². The molecule has 0 unspecified atom stereocenters. The summed E-state index contributed by atoms with van der Waals surface area (Å²) in [5.74, 6) is 0. The first-order valence-electron chi connectivity index (χ1n) is 5.62. The number of non-ortho nitro benzene ring substituents is 1. The minimum atomic E-state index is -0.550. The van der Waals surface area contributed by atoms with Crippen molar-refractivity contribution in [2.45, 2.75) is 0 Å². The van der Waals surface area contributed by atoms with Crippen molar-refractivity contribution in [2.75, 3.05) is 0 Å². The van der Waals surface area contributed by atoms with E-state index in [0.29, 0.717) is 16.7 Å². The monoisotopic (exact) mass is 267 g/mol. The lowest BCUT2D eigenvalue weighted by Gasteiger charge is -2.07. The van der Waals surface area contributed by atoms with E-state index in [-0.39, 0.29) is 11.3 Å². The molecule has 0 saturated heterocycles. The second-order valence-electron chi connectivity index (χ2n) is 3.93. The van der Waals surface area contributed by atoms with Crippen molar-refractivity contribution < 1.29 is 10.1 Å². The molecule has 6 nitrogen and oxygen atoms in total. The Hall–Kier alpha value is -3.20. The minimum Gasteiger partial charge on any atom is -0.411 e. The van der Waals surface area contributed by atoms with Gasteiger partial charge in [0.05, 0.1) is 16.7 Å². The van der Waals surface area contributed by atoms with Crippen LogP contribution in [0.5, 0.6) is 0 Å². The van der Waals surface area contributed by atoms with E-state index in [1.807, 2.05) is 6.07 Å². The van der Waals surface area contributed by atoms with E-state index in [2.05, 4.69) is 5.16 Å². The third-order valence-corrected chi connectivity index (χ3v) is 2.78. The van der Waals surface area contributed by atoms with Gasteiger partial charge in [0.2, 0.25) is 0 Å². The highest BCUT2D eigenvalue weighted by Crippen LogP contribution is 2.28. The van der Waals surface area contributed by atoms with Gasteiger partial charge in [-0.15, -0.1) is 0 Å². The number of rotatable bonds is 3. The van der Waals surface area contributed by atoms with Gasteiger partial charge in [0.15, 0.2) is 0 Å². The molecule has 0 aliphatic heterocycles. The molecular formula is C14H9N3O3. The predicted molar refractivity (Wildman–Crippen MR) is 72.6 cm³/mol. The molecule has 6 heteroatoms. The van der Waals surface area contributed by atoms with Crippen LogP contribution < -0.4 is 0 Å². The number of hydrogen-bond acceptors (Lipinski definition) is 5. The number of nitrogens with zero attached hydrogens (tertiary/aromatic N) is 3. The summed E-state index contributed by atoms with van der Waals surface area (Å²) in [6, 6.07) is 13.0. The van der Waals surface area contributed by atoms with Crippen LogP contribution in [0.1, 0.15) is 11.1 Å². The zero-order valence-electron chi connectivity index (χ0n) is 10.2. The molecule has 0 spiro atoms. The van der Waals surface area contributed by atoms with Crippen molar-refractivity contribution in [1.29, 1.82) is 5.26 Å². The molecule has 1 N–H and O–H groups in total. The van der Waals surface area contributed by atoms with Crippen molar-refractivity contribution >= 4 is 11.9 Å². The van der Waals surface area contributed by atoms with Crippen LogP contribution in [0.25, 0.3) is 11.1 Å². The van der Waals surface area contributed by atoms with Gasteiger partial charge >= 0.3 is 0 Å². The Balaban J connectivity index is 2.65. The summed E-state index contributed by atoms with van der Waals surface area (Å²) in [5, 5.41) is 31.5. The van der Waals surface area contributed by atoms with E-state index in [1.165, 1.54) is 24.4 Å². The fraction of sp³-hybridized carbons (Fsp3) is 0. The van der Waals surface area contributed by atoms with Crippen LogP contribution in [0.4, 0.5) is 5.69 Å². The summed E-state index contributed by atoms with van der Waals surface area (Å²) in [6.07, 6.45) is 1.25. The van der Waals surface area contributed by atoms with Gasteiger partial charge in [0.25, 0.3) is 5.69 Å². The Bertz CT molecular complexity index is 733. The van der Waals surface area contributed by atoms with E-state index in [0.717, 1.165) is 0 Å². The van der Waals surface area contributed by atoms with Crippen LogP contribution in [0, 0.1) is 21.4 Å².